The van der Waals surface area contributed by atoms with Crippen LogP contribution in [0.4, 0.5) is 5.69 Å². The first-order valence-corrected chi connectivity index (χ1v) is 6.64. The first-order valence-electron chi connectivity index (χ1n) is 5.56. The highest BCUT2D eigenvalue weighted by Crippen LogP contribution is 2.16. The van der Waals surface area contributed by atoms with E-state index in [0.29, 0.717) is 0 Å². The fourth-order valence-electron chi connectivity index (χ4n) is 1.53. The number of nitrogens with one attached hydrogen (secondary N) is 1. The smallest absolute Gasteiger partial charge is 0.0478 e. The summed E-state index contributed by atoms with van der Waals surface area (Å²) >= 11 is 2.34. The maximum absolute atomic E-state index is 3.39. The molecular weight excluding hydrogens is 321 g/mol. The Balaban J connectivity index is 1.88. The van der Waals surface area contributed by atoms with Crippen molar-refractivity contribution in [1.82, 2.24) is 0 Å². The molecule has 86 valence electrons. The molecule has 0 bridgehead atoms. The van der Waals surface area contributed by atoms with Gasteiger partial charge in [-0.05, 0) is 40.3 Å². The van der Waals surface area contributed by atoms with E-state index in [0.717, 1.165) is 6.54 Å². The third-order valence-electron chi connectivity index (χ3n) is 2.39. The van der Waals surface area contributed by atoms with Crippen LogP contribution in [0, 0.1) is 3.57 Å². The molecule has 0 saturated heterocycles. The van der Waals surface area contributed by atoms with E-state index in [9.17, 15) is 0 Å². The van der Waals surface area contributed by atoms with Gasteiger partial charge >= 0.3 is 0 Å². The molecule has 1 nitrogen and oxygen atoms in total. The van der Waals surface area contributed by atoms with Crippen LogP contribution in [0.15, 0.2) is 60.7 Å². The average molecular weight is 335 g/mol. The minimum absolute atomic E-state index is 0.842. The van der Waals surface area contributed by atoms with E-state index in [4.69, 9.17) is 0 Å². The van der Waals surface area contributed by atoms with Gasteiger partial charge in [-0.25, -0.2) is 0 Å². The van der Waals surface area contributed by atoms with Crippen molar-refractivity contribution in [1.29, 1.82) is 0 Å². The third-order valence-corrected chi connectivity index (χ3v) is 3.33. The van der Waals surface area contributed by atoms with Gasteiger partial charge in [-0.1, -0.05) is 54.6 Å². The van der Waals surface area contributed by atoms with Crippen LogP contribution in [-0.4, -0.2) is 6.54 Å². The predicted octanol–water partition coefficient (Wildman–Crippen LogP) is 4.42. The number of hydrogen-bond donors (Lipinski definition) is 1. The summed E-state index contributed by atoms with van der Waals surface area (Å²) in [7, 11) is 0. The van der Waals surface area contributed by atoms with Gasteiger partial charge in [0.1, 0.15) is 0 Å². The van der Waals surface area contributed by atoms with Gasteiger partial charge in [0.25, 0.3) is 0 Å². The quantitative estimate of drug-likeness (QED) is 0.816. The van der Waals surface area contributed by atoms with E-state index in [-0.39, 0.29) is 0 Å². The van der Waals surface area contributed by atoms with Crippen LogP contribution >= 0.6 is 22.6 Å². The molecule has 1 N–H and O–H groups in total. The second-order valence-electron chi connectivity index (χ2n) is 3.67. The van der Waals surface area contributed by atoms with Gasteiger partial charge in [0.2, 0.25) is 0 Å². The van der Waals surface area contributed by atoms with E-state index >= 15 is 0 Å². The number of hydrogen-bond acceptors (Lipinski definition) is 1. The molecule has 0 aliphatic rings. The molecule has 0 aromatic heterocycles. The maximum Gasteiger partial charge on any atom is 0.0478 e. The summed E-state index contributed by atoms with van der Waals surface area (Å²) in [4.78, 5) is 0. The average Bonchev–Trinajstić information content (AvgIpc) is 2.38. The summed E-state index contributed by atoms with van der Waals surface area (Å²) in [6, 6.07) is 18.6. The Morgan fingerprint density at radius 1 is 0.941 bits per heavy atom. The Morgan fingerprint density at radius 2 is 1.65 bits per heavy atom. The van der Waals surface area contributed by atoms with Crippen molar-refractivity contribution >= 4 is 34.4 Å². The van der Waals surface area contributed by atoms with Crippen LogP contribution in [0.1, 0.15) is 5.56 Å². The van der Waals surface area contributed by atoms with Crippen LogP contribution in [0.25, 0.3) is 6.08 Å². The highest BCUT2D eigenvalue weighted by Gasteiger charge is 1.94. The van der Waals surface area contributed by atoms with E-state index < -0.39 is 0 Å². The van der Waals surface area contributed by atoms with Crippen LogP contribution in [-0.2, 0) is 0 Å². The molecule has 2 aromatic carbocycles. The van der Waals surface area contributed by atoms with Gasteiger partial charge in [0.05, 0.1) is 0 Å². The summed E-state index contributed by atoms with van der Waals surface area (Å²) in [5, 5.41) is 3.39. The summed E-state index contributed by atoms with van der Waals surface area (Å²) in [5.74, 6) is 0. The van der Waals surface area contributed by atoms with Gasteiger partial charge in [-0.3, -0.25) is 0 Å². The zero-order valence-electron chi connectivity index (χ0n) is 9.44. The summed E-state index contributed by atoms with van der Waals surface area (Å²) in [5.41, 5.74) is 2.42. The minimum atomic E-state index is 0.842. The lowest BCUT2D eigenvalue weighted by Gasteiger charge is -2.05. The lowest BCUT2D eigenvalue weighted by Crippen LogP contribution is -1.99. The monoisotopic (exact) mass is 335 g/mol. The molecule has 0 heterocycles. The number of halogens is 1. The molecule has 0 radical (unpaired) electrons. The Kier molecular flexibility index (Phi) is 4.62. The lowest BCUT2D eigenvalue weighted by molar-refractivity contribution is 1.33. The topological polar surface area (TPSA) is 12.0 Å². The van der Waals surface area contributed by atoms with E-state index in [1.54, 1.807) is 0 Å². The number of rotatable bonds is 4. The molecule has 0 spiro atoms. The zero-order chi connectivity index (χ0) is 11.9. The molecule has 0 atom stereocenters. The van der Waals surface area contributed by atoms with E-state index in [1.807, 2.05) is 30.3 Å². The van der Waals surface area contributed by atoms with E-state index in [2.05, 4.69) is 64.3 Å². The second-order valence-corrected chi connectivity index (χ2v) is 4.84. The van der Waals surface area contributed by atoms with Crippen LogP contribution in [0.5, 0.6) is 0 Å². The van der Waals surface area contributed by atoms with Gasteiger partial charge in [-0.2, -0.15) is 0 Å². The highest BCUT2D eigenvalue weighted by atomic mass is 127. The molecule has 2 heteroatoms. The van der Waals surface area contributed by atoms with Gasteiger partial charge < -0.3 is 5.32 Å². The van der Waals surface area contributed by atoms with Gasteiger partial charge in [0.15, 0.2) is 0 Å². The zero-order valence-corrected chi connectivity index (χ0v) is 11.6. The summed E-state index contributed by atoms with van der Waals surface area (Å²) < 4.78 is 1.25. The van der Waals surface area contributed by atoms with Crippen LogP contribution < -0.4 is 5.32 Å². The van der Waals surface area contributed by atoms with Crippen molar-refractivity contribution < 1.29 is 0 Å². The minimum Gasteiger partial charge on any atom is -0.381 e. The summed E-state index contributed by atoms with van der Waals surface area (Å²) in [6.45, 7) is 0.842. The van der Waals surface area contributed by atoms with Crippen molar-refractivity contribution in [2.24, 2.45) is 0 Å². The highest BCUT2D eigenvalue weighted by molar-refractivity contribution is 14.1. The molecule has 0 unspecified atom stereocenters. The second kappa shape index (κ2) is 6.45. The molecule has 17 heavy (non-hydrogen) atoms. The SMILES string of the molecule is Ic1ccccc1NC/C=C/c1ccccc1. The Labute approximate surface area is 116 Å². The molecule has 0 amide bonds. The molecule has 0 saturated carbocycles. The Hall–Kier alpha value is -1.29. The predicted molar refractivity (Wildman–Crippen MR) is 83.1 cm³/mol. The number of anilines is 1. The van der Waals surface area contributed by atoms with Crippen molar-refractivity contribution in [2.75, 3.05) is 11.9 Å². The molecular formula is C15H14IN. The van der Waals surface area contributed by atoms with E-state index in [1.165, 1.54) is 14.8 Å². The third kappa shape index (κ3) is 3.89. The van der Waals surface area contributed by atoms with Gasteiger partial charge in [0, 0.05) is 15.8 Å². The Morgan fingerprint density at radius 3 is 2.41 bits per heavy atom. The number of para-hydroxylation sites is 1. The van der Waals surface area contributed by atoms with Gasteiger partial charge in [-0.15, -0.1) is 0 Å². The van der Waals surface area contributed by atoms with Crippen molar-refractivity contribution in [3.05, 3.63) is 69.8 Å². The molecule has 2 aromatic rings. The first kappa shape index (κ1) is 12.2. The molecule has 2 rings (SSSR count). The largest absolute Gasteiger partial charge is 0.381 e. The normalized spacial score (nSPS) is 10.6. The summed E-state index contributed by atoms with van der Waals surface area (Å²) in [6.07, 6.45) is 4.27. The van der Waals surface area contributed by atoms with Crippen molar-refractivity contribution in [3.8, 4) is 0 Å². The standard InChI is InChI=1S/C15H14IN/c16-14-10-4-5-11-15(14)17-12-6-9-13-7-2-1-3-8-13/h1-11,17H,12H2/b9-6+. The first-order chi connectivity index (χ1) is 8.36. The lowest BCUT2D eigenvalue weighted by atomic mass is 10.2. The maximum atomic E-state index is 3.39. The van der Waals surface area contributed by atoms with Crippen molar-refractivity contribution in [2.45, 2.75) is 0 Å². The fraction of sp³-hybridized carbons (Fsp3) is 0.0667. The fourth-order valence-corrected chi connectivity index (χ4v) is 2.11. The Bertz CT molecular complexity index is 491. The number of benzene rings is 2. The molecule has 0 fully saturated rings. The van der Waals surface area contributed by atoms with Crippen LogP contribution in [0.2, 0.25) is 0 Å². The molecule has 0 aliphatic heterocycles. The molecule has 0 aliphatic carbocycles. The van der Waals surface area contributed by atoms with Crippen molar-refractivity contribution in [3.63, 3.8) is 0 Å². The van der Waals surface area contributed by atoms with Crippen LogP contribution in [0.3, 0.4) is 0 Å².